The second kappa shape index (κ2) is 7.43. The molecular weight excluding hydrogens is 309 g/mol. The number of ether oxygens (including phenoxy) is 1. The first kappa shape index (κ1) is 15.8. The molecule has 21 heavy (non-hydrogen) atoms. The van der Waals surface area contributed by atoms with E-state index in [2.05, 4.69) is 4.98 Å². The molecule has 0 saturated carbocycles. The molecule has 2 aromatic rings. The summed E-state index contributed by atoms with van der Waals surface area (Å²) in [6.45, 7) is 2.17. The van der Waals surface area contributed by atoms with Gasteiger partial charge in [0.05, 0.1) is 5.56 Å². The third-order valence-corrected chi connectivity index (χ3v) is 3.47. The average molecular weight is 324 g/mol. The highest BCUT2D eigenvalue weighted by molar-refractivity contribution is 6.31. The Morgan fingerprint density at radius 3 is 2.71 bits per heavy atom. The maximum absolute atomic E-state index is 12.1. The number of rotatable bonds is 5. The van der Waals surface area contributed by atoms with Crippen molar-refractivity contribution in [2.24, 2.45) is 0 Å². The number of aryl methyl sites for hydroxylation is 1. The van der Waals surface area contributed by atoms with Crippen molar-refractivity contribution in [3.63, 3.8) is 0 Å². The van der Waals surface area contributed by atoms with Crippen LogP contribution in [-0.2, 0) is 17.8 Å². The lowest BCUT2D eigenvalue weighted by atomic mass is 10.1. The Morgan fingerprint density at radius 2 is 2.00 bits per heavy atom. The third-order valence-electron chi connectivity index (χ3n) is 2.91. The highest BCUT2D eigenvalue weighted by Gasteiger charge is 2.11. The van der Waals surface area contributed by atoms with E-state index < -0.39 is 5.97 Å². The van der Waals surface area contributed by atoms with E-state index >= 15 is 0 Å². The van der Waals surface area contributed by atoms with Crippen molar-refractivity contribution >= 4 is 29.2 Å². The van der Waals surface area contributed by atoms with E-state index in [1.165, 1.54) is 6.07 Å². The van der Waals surface area contributed by atoms with Crippen molar-refractivity contribution in [2.45, 2.75) is 26.4 Å². The van der Waals surface area contributed by atoms with Gasteiger partial charge in [-0.15, -0.1) is 0 Å². The van der Waals surface area contributed by atoms with Crippen LogP contribution in [0.2, 0.25) is 10.2 Å². The molecule has 1 heterocycles. The topological polar surface area (TPSA) is 39.2 Å². The number of carbonyl (C=O) groups excluding carboxylic acids is 1. The van der Waals surface area contributed by atoms with E-state index in [0.29, 0.717) is 15.7 Å². The maximum atomic E-state index is 12.1. The molecule has 0 amide bonds. The molecule has 0 N–H and O–H groups in total. The molecule has 1 aromatic heterocycles. The SMILES string of the molecule is CCCc1cc(C(=O)OCc2ccccc2Cl)cc(Cl)n1. The monoisotopic (exact) mass is 323 g/mol. The lowest BCUT2D eigenvalue weighted by Crippen LogP contribution is -2.07. The maximum Gasteiger partial charge on any atom is 0.338 e. The minimum atomic E-state index is -0.434. The molecule has 0 atom stereocenters. The molecule has 0 aliphatic rings. The normalized spacial score (nSPS) is 10.4. The van der Waals surface area contributed by atoms with Gasteiger partial charge in [0.25, 0.3) is 0 Å². The Kier molecular flexibility index (Phi) is 5.59. The van der Waals surface area contributed by atoms with Gasteiger partial charge in [-0.1, -0.05) is 54.7 Å². The smallest absolute Gasteiger partial charge is 0.338 e. The molecule has 1 aromatic carbocycles. The number of hydrogen-bond acceptors (Lipinski definition) is 3. The van der Waals surface area contributed by atoms with Gasteiger partial charge >= 0.3 is 5.97 Å². The van der Waals surface area contributed by atoms with Crippen LogP contribution in [0.4, 0.5) is 0 Å². The van der Waals surface area contributed by atoms with Crippen LogP contribution in [0.5, 0.6) is 0 Å². The Morgan fingerprint density at radius 1 is 1.24 bits per heavy atom. The van der Waals surface area contributed by atoms with Crippen molar-refractivity contribution < 1.29 is 9.53 Å². The zero-order valence-corrected chi connectivity index (χ0v) is 13.1. The Hall–Kier alpha value is -1.58. The van der Waals surface area contributed by atoms with Gasteiger partial charge in [-0.3, -0.25) is 0 Å². The first-order valence-electron chi connectivity index (χ1n) is 6.67. The number of pyridine rings is 1. The fourth-order valence-corrected chi connectivity index (χ4v) is 2.31. The minimum absolute atomic E-state index is 0.127. The number of nitrogens with zero attached hydrogens (tertiary/aromatic N) is 1. The summed E-state index contributed by atoms with van der Waals surface area (Å²) in [4.78, 5) is 16.3. The summed E-state index contributed by atoms with van der Waals surface area (Å²) < 4.78 is 5.27. The number of aromatic nitrogens is 1. The molecule has 5 heteroatoms. The highest BCUT2D eigenvalue weighted by atomic mass is 35.5. The zero-order chi connectivity index (χ0) is 15.2. The second-order valence-corrected chi connectivity index (χ2v) is 5.38. The van der Waals surface area contributed by atoms with Crippen LogP contribution in [0, 0.1) is 0 Å². The summed E-state index contributed by atoms with van der Waals surface area (Å²) in [6, 6.07) is 10.5. The summed E-state index contributed by atoms with van der Waals surface area (Å²) in [5.74, 6) is -0.434. The van der Waals surface area contributed by atoms with E-state index in [4.69, 9.17) is 27.9 Å². The van der Waals surface area contributed by atoms with E-state index in [1.807, 2.05) is 25.1 Å². The van der Waals surface area contributed by atoms with E-state index in [1.54, 1.807) is 12.1 Å². The number of benzene rings is 1. The minimum Gasteiger partial charge on any atom is -0.457 e. The largest absolute Gasteiger partial charge is 0.457 e. The molecule has 110 valence electrons. The van der Waals surface area contributed by atoms with Crippen LogP contribution < -0.4 is 0 Å². The molecule has 0 aliphatic heterocycles. The lowest BCUT2D eigenvalue weighted by molar-refractivity contribution is 0.0472. The molecule has 0 radical (unpaired) electrons. The quantitative estimate of drug-likeness (QED) is 0.591. The van der Waals surface area contributed by atoms with Crippen molar-refractivity contribution in [3.05, 3.63) is 63.4 Å². The molecule has 0 spiro atoms. The average Bonchev–Trinajstić information content (AvgIpc) is 2.46. The van der Waals surface area contributed by atoms with Crippen LogP contribution in [0.3, 0.4) is 0 Å². The molecular formula is C16H15Cl2NO2. The molecule has 3 nitrogen and oxygen atoms in total. The Balaban J connectivity index is 2.08. The molecule has 0 aliphatic carbocycles. The van der Waals surface area contributed by atoms with Gasteiger partial charge in [0, 0.05) is 16.3 Å². The number of carbonyl (C=O) groups is 1. The number of hydrogen-bond donors (Lipinski definition) is 0. The fourth-order valence-electron chi connectivity index (χ4n) is 1.90. The summed E-state index contributed by atoms with van der Waals surface area (Å²) in [6.07, 6.45) is 1.70. The lowest BCUT2D eigenvalue weighted by Gasteiger charge is -2.08. The Labute approximate surface area is 133 Å². The predicted molar refractivity (Wildman–Crippen MR) is 83.8 cm³/mol. The number of halogens is 2. The highest BCUT2D eigenvalue weighted by Crippen LogP contribution is 2.18. The summed E-state index contributed by atoms with van der Waals surface area (Å²) in [7, 11) is 0. The summed E-state index contributed by atoms with van der Waals surface area (Å²) in [5, 5.41) is 0.871. The van der Waals surface area contributed by atoms with Gasteiger partial charge in [0.15, 0.2) is 0 Å². The zero-order valence-electron chi connectivity index (χ0n) is 11.6. The first-order valence-corrected chi connectivity index (χ1v) is 7.42. The third kappa shape index (κ3) is 4.45. The van der Waals surface area contributed by atoms with Crippen LogP contribution in [0.25, 0.3) is 0 Å². The van der Waals surface area contributed by atoms with Gasteiger partial charge in [-0.2, -0.15) is 0 Å². The molecule has 0 saturated heterocycles. The van der Waals surface area contributed by atoms with Crippen molar-refractivity contribution in [3.8, 4) is 0 Å². The van der Waals surface area contributed by atoms with Gasteiger partial charge in [0.2, 0.25) is 0 Å². The first-order chi connectivity index (χ1) is 10.1. The van der Waals surface area contributed by atoms with Crippen LogP contribution in [0.1, 0.15) is 35.0 Å². The molecule has 0 unspecified atom stereocenters. The Bertz CT molecular complexity index is 644. The van der Waals surface area contributed by atoms with Gasteiger partial charge < -0.3 is 4.74 Å². The van der Waals surface area contributed by atoms with Crippen molar-refractivity contribution in [1.82, 2.24) is 4.98 Å². The predicted octanol–water partition coefficient (Wildman–Crippen LogP) is 4.70. The van der Waals surface area contributed by atoms with Crippen LogP contribution in [-0.4, -0.2) is 11.0 Å². The standard InChI is InChI=1S/C16H15Cl2NO2/c1-2-5-13-8-12(9-15(18)19-13)16(20)21-10-11-6-3-4-7-14(11)17/h3-4,6-9H,2,5,10H2,1H3. The van der Waals surface area contributed by atoms with Crippen molar-refractivity contribution in [2.75, 3.05) is 0 Å². The fraction of sp³-hybridized carbons (Fsp3) is 0.250. The van der Waals surface area contributed by atoms with Crippen molar-refractivity contribution in [1.29, 1.82) is 0 Å². The second-order valence-electron chi connectivity index (χ2n) is 4.59. The van der Waals surface area contributed by atoms with Gasteiger partial charge in [-0.05, 0) is 24.6 Å². The molecule has 0 fully saturated rings. The van der Waals surface area contributed by atoms with Crippen LogP contribution in [0.15, 0.2) is 36.4 Å². The van der Waals surface area contributed by atoms with E-state index in [-0.39, 0.29) is 6.61 Å². The summed E-state index contributed by atoms with van der Waals surface area (Å²) in [5.41, 5.74) is 1.96. The van der Waals surface area contributed by atoms with Crippen LogP contribution >= 0.6 is 23.2 Å². The van der Waals surface area contributed by atoms with Gasteiger partial charge in [-0.25, -0.2) is 9.78 Å². The van der Waals surface area contributed by atoms with Gasteiger partial charge in [0.1, 0.15) is 11.8 Å². The van der Waals surface area contributed by atoms with E-state index in [0.717, 1.165) is 24.1 Å². The molecule has 2 rings (SSSR count). The number of esters is 1. The summed E-state index contributed by atoms with van der Waals surface area (Å²) >= 11 is 12.0. The van der Waals surface area contributed by atoms with E-state index in [9.17, 15) is 4.79 Å². The molecule has 0 bridgehead atoms.